The summed E-state index contributed by atoms with van der Waals surface area (Å²) in [6.07, 6.45) is 0. The van der Waals surface area contributed by atoms with E-state index in [1.807, 2.05) is 0 Å². The van der Waals surface area contributed by atoms with Gasteiger partial charge in [0.05, 0.1) is 0 Å². The van der Waals surface area contributed by atoms with Crippen LogP contribution in [0.3, 0.4) is 0 Å². The van der Waals surface area contributed by atoms with Crippen LogP contribution in [-0.4, -0.2) is 46.7 Å². The van der Waals surface area contributed by atoms with Gasteiger partial charge in [-0.2, -0.15) is 0 Å². The van der Waals surface area contributed by atoms with Crippen LogP contribution in [-0.2, 0) is 4.79 Å². The molecule has 0 aromatic rings. The molecule has 7 heavy (non-hydrogen) atoms. The minimum absolute atomic E-state index is 0. The Hall–Kier alpha value is 0.430. The van der Waals surface area contributed by atoms with Crippen LogP contribution < -0.4 is 5.73 Å². The van der Waals surface area contributed by atoms with Gasteiger partial charge in [-0.05, 0) is 6.92 Å². The first-order valence-electron chi connectivity index (χ1n) is 1.63. The summed E-state index contributed by atoms with van der Waals surface area (Å²) >= 11 is 0. The van der Waals surface area contributed by atoms with Crippen molar-refractivity contribution in [2.24, 2.45) is 5.73 Å². The fourth-order valence-corrected chi connectivity index (χ4v) is 0. The average molecular weight is 112 g/mol. The fraction of sp³-hybridized carbons (Fsp3) is 0.667. The second-order valence-electron chi connectivity index (χ2n) is 1.13. The van der Waals surface area contributed by atoms with E-state index < -0.39 is 12.0 Å². The quantitative estimate of drug-likeness (QED) is 0.429. The molecule has 4 heteroatoms. The average Bonchev–Trinajstić information content (AvgIpc) is 1.36. The molecule has 0 aliphatic heterocycles. The summed E-state index contributed by atoms with van der Waals surface area (Å²) in [7, 11) is 0. The summed E-state index contributed by atoms with van der Waals surface area (Å²) in [4.78, 5) is 9.57. The molecule has 0 aliphatic carbocycles. The monoisotopic (exact) mass is 112 g/mol. The molecule has 0 aliphatic rings. The van der Waals surface area contributed by atoms with Gasteiger partial charge in [0.25, 0.3) is 0 Å². The van der Waals surface area contributed by atoms with Crippen LogP contribution in [0.1, 0.15) is 6.92 Å². The molecular formula is C3H7NNaO2. The van der Waals surface area contributed by atoms with Crippen molar-refractivity contribution >= 4 is 35.5 Å². The minimum Gasteiger partial charge on any atom is -0.480 e. The van der Waals surface area contributed by atoms with E-state index in [0.29, 0.717) is 0 Å². The first-order valence-corrected chi connectivity index (χ1v) is 1.63. The SMILES string of the molecule is C[C@@H](N)C(=O)O.[Na]. The van der Waals surface area contributed by atoms with Gasteiger partial charge in [0.15, 0.2) is 0 Å². The standard InChI is InChI=1S/C3H7NO2.Na/c1-2(4)3(5)6;/h2H,4H2,1H3,(H,5,6);/t2-;/m1./s1. The molecule has 0 spiro atoms. The predicted molar refractivity (Wildman–Crippen MR) is 27.0 cm³/mol. The van der Waals surface area contributed by atoms with Crippen LogP contribution in [0.2, 0.25) is 0 Å². The van der Waals surface area contributed by atoms with Crippen molar-refractivity contribution in [3.63, 3.8) is 0 Å². The van der Waals surface area contributed by atoms with E-state index in [2.05, 4.69) is 0 Å². The normalized spacial score (nSPS) is 11.7. The van der Waals surface area contributed by atoms with Gasteiger partial charge in [0.1, 0.15) is 6.04 Å². The number of nitrogens with two attached hydrogens (primary N) is 1. The van der Waals surface area contributed by atoms with E-state index in [9.17, 15) is 4.79 Å². The number of aliphatic carboxylic acids is 1. The summed E-state index contributed by atoms with van der Waals surface area (Å²) in [5.74, 6) is -0.963. The van der Waals surface area contributed by atoms with Crippen molar-refractivity contribution in [3.05, 3.63) is 0 Å². The van der Waals surface area contributed by atoms with E-state index >= 15 is 0 Å². The number of carbonyl (C=O) groups is 1. The molecule has 0 aromatic heterocycles. The maximum absolute atomic E-state index is 9.57. The Bertz CT molecular complexity index is 64.0. The largest absolute Gasteiger partial charge is 0.480 e. The molecule has 3 nitrogen and oxygen atoms in total. The fourth-order valence-electron chi connectivity index (χ4n) is 0. The van der Waals surface area contributed by atoms with Gasteiger partial charge < -0.3 is 10.8 Å². The Balaban J connectivity index is 0. The van der Waals surface area contributed by atoms with Crippen LogP contribution in [0, 0.1) is 0 Å². The molecule has 1 radical (unpaired) electrons. The molecule has 37 valence electrons. The molecule has 0 fully saturated rings. The van der Waals surface area contributed by atoms with Crippen molar-refractivity contribution < 1.29 is 9.90 Å². The number of carboxylic acid groups (broad SMARTS) is 1. The molecule has 0 saturated heterocycles. The van der Waals surface area contributed by atoms with Crippen molar-refractivity contribution in [3.8, 4) is 0 Å². The number of carboxylic acids is 1. The molecule has 1 atom stereocenters. The van der Waals surface area contributed by atoms with E-state index in [0.717, 1.165) is 0 Å². The van der Waals surface area contributed by atoms with Crippen LogP contribution in [0.5, 0.6) is 0 Å². The van der Waals surface area contributed by atoms with Crippen molar-refractivity contribution in [1.29, 1.82) is 0 Å². The summed E-state index contributed by atoms with van der Waals surface area (Å²) in [6.45, 7) is 1.42. The third kappa shape index (κ3) is 6.43. The van der Waals surface area contributed by atoms with Crippen LogP contribution in [0.15, 0.2) is 0 Å². The Morgan fingerprint density at radius 2 is 2.00 bits per heavy atom. The molecule has 0 amide bonds. The Labute approximate surface area is 64.2 Å². The zero-order valence-electron chi connectivity index (χ0n) is 4.51. The molecule has 0 unspecified atom stereocenters. The first-order chi connectivity index (χ1) is 2.64. The minimum atomic E-state index is -0.963. The second-order valence-corrected chi connectivity index (χ2v) is 1.13. The molecule has 0 aromatic carbocycles. The van der Waals surface area contributed by atoms with Gasteiger partial charge in [-0.1, -0.05) is 0 Å². The van der Waals surface area contributed by atoms with Gasteiger partial charge in [-0.3, -0.25) is 4.79 Å². The second kappa shape index (κ2) is 4.59. The predicted octanol–water partition coefficient (Wildman–Crippen LogP) is -0.963. The van der Waals surface area contributed by atoms with Crippen molar-refractivity contribution in [2.75, 3.05) is 0 Å². The first kappa shape index (κ1) is 10.4. The summed E-state index contributed by atoms with van der Waals surface area (Å²) in [5.41, 5.74) is 4.84. The Morgan fingerprint density at radius 3 is 2.00 bits per heavy atom. The van der Waals surface area contributed by atoms with Gasteiger partial charge in [-0.25, -0.2) is 0 Å². The zero-order chi connectivity index (χ0) is 5.15. The third-order valence-corrected chi connectivity index (χ3v) is 0.390. The van der Waals surface area contributed by atoms with Crippen molar-refractivity contribution in [1.82, 2.24) is 0 Å². The maximum atomic E-state index is 9.57. The van der Waals surface area contributed by atoms with Crippen LogP contribution in [0.25, 0.3) is 0 Å². The smallest absolute Gasteiger partial charge is 0.320 e. The summed E-state index contributed by atoms with van der Waals surface area (Å²) in [5, 5.41) is 7.87. The summed E-state index contributed by atoms with van der Waals surface area (Å²) < 4.78 is 0. The van der Waals surface area contributed by atoms with Gasteiger partial charge in [-0.15, -0.1) is 0 Å². The van der Waals surface area contributed by atoms with E-state index in [1.165, 1.54) is 6.92 Å². The van der Waals surface area contributed by atoms with E-state index in [4.69, 9.17) is 10.8 Å². The molecule has 0 bridgehead atoms. The van der Waals surface area contributed by atoms with Gasteiger partial charge in [0, 0.05) is 29.6 Å². The summed E-state index contributed by atoms with van der Waals surface area (Å²) in [6, 6.07) is -0.731. The third-order valence-electron chi connectivity index (χ3n) is 0.390. The van der Waals surface area contributed by atoms with Crippen LogP contribution in [0.4, 0.5) is 0 Å². The molecule has 0 heterocycles. The van der Waals surface area contributed by atoms with Gasteiger partial charge in [0.2, 0.25) is 0 Å². The number of hydrogen-bond donors (Lipinski definition) is 2. The van der Waals surface area contributed by atoms with E-state index in [1.54, 1.807) is 0 Å². The molecular weight excluding hydrogens is 105 g/mol. The Kier molecular flexibility index (Phi) is 6.82. The zero-order valence-corrected chi connectivity index (χ0v) is 6.51. The topological polar surface area (TPSA) is 63.3 Å². The number of hydrogen-bond acceptors (Lipinski definition) is 2. The molecule has 0 saturated carbocycles. The molecule has 0 rings (SSSR count). The number of rotatable bonds is 1. The van der Waals surface area contributed by atoms with Gasteiger partial charge >= 0.3 is 5.97 Å². The van der Waals surface area contributed by atoms with Crippen LogP contribution >= 0.6 is 0 Å². The Morgan fingerprint density at radius 1 is 1.86 bits per heavy atom. The maximum Gasteiger partial charge on any atom is 0.320 e. The van der Waals surface area contributed by atoms with E-state index in [-0.39, 0.29) is 29.6 Å². The molecule has 3 N–H and O–H groups in total. The van der Waals surface area contributed by atoms with Crippen molar-refractivity contribution in [2.45, 2.75) is 13.0 Å².